The van der Waals surface area contributed by atoms with Crippen LogP contribution in [0.2, 0.25) is 0 Å². The SMILES string of the molecule is Cc1ccc(NC(=O)CSCC(F)(F)F)c(C(=O)O)c1. The van der Waals surface area contributed by atoms with E-state index in [0.717, 1.165) is 0 Å². The molecule has 0 aromatic heterocycles. The maximum atomic E-state index is 11.9. The molecule has 4 nitrogen and oxygen atoms in total. The van der Waals surface area contributed by atoms with Crippen molar-refractivity contribution in [1.29, 1.82) is 0 Å². The van der Waals surface area contributed by atoms with Crippen molar-refractivity contribution in [3.63, 3.8) is 0 Å². The van der Waals surface area contributed by atoms with Gasteiger partial charge in [0, 0.05) is 0 Å². The molecule has 1 amide bonds. The van der Waals surface area contributed by atoms with Crippen LogP contribution in [0, 0.1) is 6.92 Å². The number of hydrogen-bond acceptors (Lipinski definition) is 3. The summed E-state index contributed by atoms with van der Waals surface area (Å²) in [6.07, 6.45) is -4.33. The van der Waals surface area contributed by atoms with Gasteiger partial charge in [-0.3, -0.25) is 4.79 Å². The summed E-state index contributed by atoms with van der Waals surface area (Å²) in [5.74, 6) is -3.41. The van der Waals surface area contributed by atoms with Gasteiger partial charge in [-0.25, -0.2) is 4.79 Å². The van der Waals surface area contributed by atoms with Gasteiger partial charge in [0.05, 0.1) is 22.8 Å². The van der Waals surface area contributed by atoms with Crippen LogP contribution in [0.25, 0.3) is 0 Å². The van der Waals surface area contributed by atoms with E-state index in [9.17, 15) is 22.8 Å². The summed E-state index contributed by atoms with van der Waals surface area (Å²) in [5.41, 5.74) is 0.673. The molecule has 0 saturated carbocycles. The smallest absolute Gasteiger partial charge is 0.397 e. The molecular formula is C12H12F3NO3S. The molecular weight excluding hydrogens is 295 g/mol. The van der Waals surface area contributed by atoms with Crippen molar-refractivity contribution < 1.29 is 27.9 Å². The molecule has 0 radical (unpaired) electrons. The van der Waals surface area contributed by atoms with Gasteiger partial charge in [-0.15, -0.1) is 11.8 Å². The predicted octanol–water partition coefficient (Wildman–Crippen LogP) is 2.93. The molecule has 0 heterocycles. The van der Waals surface area contributed by atoms with Gasteiger partial charge in [0.25, 0.3) is 0 Å². The first kappa shape index (κ1) is 16.4. The van der Waals surface area contributed by atoms with Crippen molar-refractivity contribution >= 4 is 29.3 Å². The molecule has 0 atom stereocenters. The Bertz CT molecular complexity index is 517. The third-order valence-corrected chi connectivity index (χ3v) is 3.18. The summed E-state index contributed by atoms with van der Waals surface area (Å²) in [6.45, 7) is 1.69. The number of benzene rings is 1. The summed E-state index contributed by atoms with van der Waals surface area (Å²) in [6, 6.07) is 4.39. The van der Waals surface area contributed by atoms with Gasteiger partial charge in [0.15, 0.2) is 0 Å². The van der Waals surface area contributed by atoms with E-state index in [-0.39, 0.29) is 11.3 Å². The van der Waals surface area contributed by atoms with Crippen molar-refractivity contribution in [3.05, 3.63) is 29.3 Å². The minimum Gasteiger partial charge on any atom is -0.478 e. The van der Waals surface area contributed by atoms with Crippen molar-refractivity contribution in [2.75, 3.05) is 16.8 Å². The number of aromatic carboxylic acids is 1. The van der Waals surface area contributed by atoms with Gasteiger partial charge in [-0.05, 0) is 19.1 Å². The van der Waals surface area contributed by atoms with E-state index < -0.39 is 29.6 Å². The lowest BCUT2D eigenvalue weighted by Gasteiger charge is -2.10. The van der Waals surface area contributed by atoms with Crippen molar-refractivity contribution in [1.82, 2.24) is 0 Å². The molecule has 1 aromatic rings. The highest BCUT2D eigenvalue weighted by Crippen LogP contribution is 2.22. The fourth-order valence-electron chi connectivity index (χ4n) is 1.39. The van der Waals surface area contributed by atoms with Crippen LogP contribution in [0.4, 0.5) is 18.9 Å². The first-order valence-corrected chi connectivity index (χ1v) is 6.63. The van der Waals surface area contributed by atoms with E-state index >= 15 is 0 Å². The number of anilines is 1. The van der Waals surface area contributed by atoms with Crippen LogP contribution in [-0.2, 0) is 4.79 Å². The number of nitrogens with one attached hydrogen (secondary N) is 1. The van der Waals surface area contributed by atoms with Gasteiger partial charge in [-0.2, -0.15) is 13.2 Å². The summed E-state index contributed by atoms with van der Waals surface area (Å²) in [4.78, 5) is 22.5. The van der Waals surface area contributed by atoms with E-state index in [0.29, 0.717) is 17.3 Å². The molecule has 110 valence electrons. The highest BCUT2D eigenvalue weighted by Gasteiger charge is 2.27. The molecule has 0 aliphatic rings. The highest BCUT2D eigenvalue weighted by molar-refractivity contribution is 8.00. The Balaban J connectivity index is 2.64. The van der Waals surface area contributed by atoms with Crippen LogP contribution in [0.1, 0.15) is 15.9 Å². The number of halogens is 3. The maximum Gasteiger partial charge on any atom is 0.397 e. The van der Waals surface area contributed by atoms with Crippen LogP contribution in [-0.4, -0.2) is 34.7 Å². The van der Waals surface area contributed by atoms with E-state index in [2.05, 4.69) is 5.32 Å². The Kier molecular flexibility index (Phi) is 5.43. The van der Waals surface area contributed by atoms with Crippen LogP contribution < -0.4 is 5.32 Å². The second-order valence-corrected chi connectivity index (χ2v) is 5.00. The van der Waals surface area contributed by atoms with E-state index in [1.165, 1.54) is 12.1 Å². The number of amides is 1. The van der Waals surface area contributed by atoms with Gasteiger partial charge in [0.1, 0.15) is 0 Å². The fraction of sp³-hybridized carbons (Fsp3) is 0.333. The topological polar surface area (TPSA) is 66.4 Å². The molecule has 0 aliphatic heterocycles. The Morgan fingerprint density at radius 2 is 2.00 bits per heavy atom. The van der Waals surface area contributed by atoms with E-state index in [1.54, 1.807) is 13.0 Å². The quantitative estimate of drug-likeness (QED) is 0.878. The second kappa shape index (κ2) is 6.65. The maximum absolute atomic E-state index is 11.9. The largest absolute Gasteiger partial charge is 0.478 e. The summed E-state index contributed by atoms with van der Waals surface area (Å²) >= 11 is 0.420. The zero-order valence-electron chi connectivity index (χ0n) is 10.5. The normalized spacial score (nSPS) is 11.2. The van der Waals surface area contributed by atoms with Crippen molar-refractivity contribution in [3.8, 4) is 0 Å². The van der Waals surface area contributed by atoms with Crippen LogP contribution in [0.5, 0.6) is 0 Å². The molecule has 0 fully saturated rings. The third kappa shape index (κ3) is 5.52. The Labute approximate surface area is 117 Å². The summed E-state index contributed by atoms with van der Waals surface area (Å²) in [5, 5.41) is 11.3. The molecule has 0 unspecified atom stereocenters. The standard InChI is InChI=1S/C12H12F3NO3S/c1-7-2-3-9(8(4-7)11(18)19)16-10(17)5-20-6-12(13,14)15/h2-4H,5-6H2,1H3,(H,16,17)(H,18,19). The number of carboxylic acid groups (broad SMARTS) is 1. The zero-order chi connectivity index (χ0) is 15.3. The predicted molar refractivity (Wildman–Crippen MR) is 70.1 cm³/mol. The van der Waals surface area contributed by atoms with Crippen LogP contribution in [0.3, 0.4) is 0 Å². The second-order valence-electron chi connectivity index (χ2n) is 4.01. The number of carbonyl (C=O) groups is 2. The van der Waals surface area contributed by atoms with Crippen LogP contribution in [0.15, 0.2) is 18.2 Å². The molecule has 0 aliphatic carbocycles. The number of thioether (sulfide) groups is 1. The lowest BCUT2D eigenvalue weighted by Crippen LogP contribution is -2.19. The first-order chi connectivity index (χ1) is 9.19. The average Bonchev–Trinajstić information content (AvgIpc) is 2.29. The summed E-state index contributed by atoms with van der Waals surface area (Å²) in [7, 11) is 0. The minimum atomic E-state index is -4.33. The number of hydrogen-bond donors (Lipinski definition) is 2. The fourth-order valence-corrected chi connectivity index (χ4v) is 1.98. The lowest BCUT2D eigenvalue weighted by atomic mass is 10.1. The Hall–Kier alpha value is -1.70. The molecule has 20 heavy (non-hydrogen) atoms. The van der Waals surface area contributed by atoms with E-state index in [4.69, 9.17) is 5.11 Å². The zero-order valence-corrected chi connectivity index (χ0v) is 11.3. The highest BCUT2D eigenvalue weighted by atomic mass is 32.2. The molecule has 0 bridgehead atoms. The van der Waals surface area contributed by atoms with Gasteiger partial charge in [0.2, 0.25) is 5.91 Å². The van der Waals surface area contributed by atoms with Crippen LogP contribution >= 0.6 is 11.8 Å². The molecule has 1 rings (SSSR count). The van der Waals surface area contributed by atoms with Gasteiger partial charge >= 0.3 is 12.1 Å². The minimum absolute atomic E-state index is 0.0701. The number of carbonyl (C=O) groups excluding carboxylic acids is 1. The monoisotopic (exact) mass is 307 g/mol. The number of alkyl halides is 3. The number of carboxylic acids is 1. The molecule has 0 spiro atoms. The number of aryl methyl sites for hydroxylation is 1. The lowest BCUT2D eigenvalue weighted by molar-refractivity contribution is -0.113. The van der Waals surface area contributed by atoms with Gasteiger partial charge < -0.3 is 10.4 Å². The molecule has 1 aromatic carbocycles. The molecule has 2 N–H and O–H groups in total. The molecule has 0 saturated heterocycles. The summed E-state index contributed by atoms with van der Waals surface area (Å²) < 4.78 is 35.8. The van der Waals surface area contributed by atoms with Crippen molar-refractivity contribution in [2.24, 2.45) is 0 Å². The Morgan fingerprint density at radius 1 is 1.35 bits per heavy atom. The van der Waals surface area contributed by atoms with Crippen molar-refractivity contribution in [2.45, 2.75) is 13.1 Å². The average molecular weight is 307 g/mol. The third-order valence-electron chi connectivity index (χ3n) is 2.18. The molecule has 8 heteroatoms. The van der Waals surface area contributed by atoms with E-state index in [1.807, 2.05) is 0 Å². The van der Waals surface area contributed by atoms with Gasteiger partial charge in [-0.1, -0.05) is 11.6 Å². The number of rotatable bonds is 5. The Morgan fingerprint density at radius 3 is 2.55 bits per heavy atom. The first-order valence-electron chi connectivity index (χ1n) is 5.47.